The molecule has 152 valence electrons. The number of benzene rings is 2. The smallest absolute Gasteiger partial charge is 0.310 e. The summed E-state index contributed by atoms with van der Waals surface area (Å²) in [6.07, 6.45) is 4.44. The van der Waals surface area contributed by atoms with Crippen molar-refractivity contribution in [3.05, 3.63) is 61.2 Å². The maximum absolute atomic E-state index is 12.9. The Balaban J connectivity index is 1.70. The predicted octanol–water partition coefficient (Wildman–Crippen LogP) is 6.48. The third kappa shape index (κ3) is 3.86. The summed E-state index contributed by atoms with van der Waals surface area (Å²) in [6, 6.07) is 7.56. The molecule has 2 heterocycles. The molecule has 11 heteroatoms. The van der Waals surface area contributed by atoms with Crippen molar-refractivity contribution in [1.29, 1.82) is 0 Å². The molecule has 0 aliphatic heterocycles. The first-order valence-corrected chi connectivity index (χ1v) is 10.1. The average molecular weight is 428 g/mol. The molecule has 0 bridgehead atoms. The van der Waals surface area contributed by atoms with Gasteiger partial charge in [-0.2, -0.15) is 0 Å². The third-order valence-corrected chi connectivity index (χ3v) is 5.31. The van der Waals surface area contributed by atoms with Crippen LogP contribution in [-0.2, 0) is 7.05 Å². The Labute approximate surface area is 161 Å². The van der Waals surface area contributed by atoms with E-state index in [0.717, 1.165) is 23.2 Å². The fourth-order valence-corrected chi connectivity index (χ4v) is 3.40. The molecule has 0 aliphatic carbocycles. The second-order valence-electron chi connectivity index (χ2n) is 6.31. The fourth-order valence-electron chi connectivity index (χ4n) is 2.75. The lowest BCUT2D eigenvalue weighted by atomic mass is 10.1. The third-order valence-electron chi connectivity index (χ3n) is 4.15. The van der Waals surface area contributed by atoms with E-state index >= 15 is 0 Å². The lowest BCUT2D eigenvalue weighted by Gasteiger charge is -2.40. The van der Waals surface area contributed by atoms with Gasteiger partial charge >= 0.3 is 10.2 Å². The maximum Gasteiger partial charge on any atom is 0.310 e. The first-order chi connectivity index (χ1) is 13.4. The Morgan fingerprint density at radius 3 is 2.24 bits per heavy atom. The van der Waals surface area contributed by atoms with Crippen LogP contribution >= 0.6 is 10.2 Å². The molecule has 29 heavy (non-hydrogen) atoms. The molecular formula is C18H13F5N4OS. The first kappa shape index (κ1) is 19.1. The van der Waals surface area contributed by atoms with Crippen molar-refractivity contribution in [2.24, 2.45) is 7.05 Å². The number of hydrogen-bond donors (Lipinski definition) is 0. The summed E-state index contributed by atoms with van der Waals surface area (Å²) < 4.78 is 71.6. The van der Waals surface area contributed by atoms with Crippen molar-refractivity contribution in [3.63, 3.8) is 0 Å². The molecule has 0 N–H and O–H groups in total. The minimum absolute atomic E-state index is 0.0223. The molecular weight excluding hydrogens is 415 g/mol. The Morgan fingerprint density at radius 2 is 1.55 bits per heavy atom. The van der Waals surface area contributed by atoms with Gasteiger partial charge in [0.05, 0.1) is 17.4 Å². The van der Waals surface area contributed by atoms with Crippen molar-refractivity contribution in [1.82, 2.24) is 19.5 Å². The van der Waals surface area contributed by atoms with Crippen LogP contribution < -0.4 is 4.74 Å². The van der Waals surface area contributed by atoms with Crippen LogP contribution in [0.4, 0.5) is 19.4 Å². The van der Waals surface area contributed by atoms with E-state index < -0.39 is 15.1 Å². The zero-order chi connectivity index (χ0) is 20.9. The molecule has 0 fully saturated rings. The summed E-state index contributed by atoms with van der Waals surface area (Å²) in [6.45, 7) is 0. The number of hydrogen-bond acceptors (Lipinski definition) is 4. The largest absolute Gasteiger partial charge is 0.437 e. The number of imidazole rings is 1. The van der Waals surface area contributed by atoms with E-state index in [2.05, 4.69) is 15.0 Å². The van der Waals surface area contributed by atoms with Crippen LogP contribution in [0.2, 0.25) is 0 Å². The van der Waals surface area contributed by atoms with Crippen molar-refractivity contribution in [3.8, 4) is 22.9 Å². The van der Waals surface area contributed by atoms with Gasteiger partial charge in [0, 0.05) is 25.0 Å². The van der Waals surface area contributed by atoms with Gasteiger partial charge < -0.3 is 9.30 Å². The number of ether oxygens (including phenoxy) is 1. The van der Waals surface area contributed by atoms with Crippen LogP contribution in [0.25, 0.3) is 22.3 Å². The maximum atomic E-state index is 12.9. The van der Waals surface area contributed by atoms with E-state index in [0.29, 0.717) is 11.3 Å². The summed E-state index contributed by atoms with van der Waals surface area (Å²) in [5.74, 6) is -0.0620. The number of aryl methyl sites for hydroxylation is 1. The Hall–Kier alpha value is -3.21. The molecule has 2 aromatic carbocycles. The molecule has 0 saturated carbocycles. The van der Waals surface area contributed by atoms with Crippen molar-refractivity contribution in [2.45, 2.75) is 4.90 Å². The van der Waals surface area contributed by atoms with Gasteiger partial charge in [-0.05, 0) is 36.4 Å². The lowest BCUT2D eigenvalue weighted by Crippen LogP contribution is -2.05. The van der Waals surface area contributed by atoms with E-state index in [4.69, 9.17) is 4.74 Å². The van der Waals surface area contributed by atoms with Crippen molar-refractivity contribution >= 4 is 21.3 Å². The van der Waals surface area contributed by atoms with Crippen LogP contribution in [0.15, 0.2) is 66.1 Å². The molecule has 0 amide bonds. The van der Waals surface area contributed by atoms with Gasteiger partial charge in [-0.3, -0.25) is 0 Å². The number of nitrogens with zero attached hydrogens (tertiary/aromatic N) is 4. The fraction of sp³-hybridized carbons (Fsp3) is 0.0556. The minimum atomic E-state index is -9.74. The van der Waals surface area contributed by atoms with Gasteiger partial charge in [-0.15, -0.1) is 0 Å². The van der Waals surface area contributed by atoms with Gasteiger partial charge in [0.2, 0.25) is 5.88 Å². The van der Waals surface area contributed by atoms with Gasteiger partial charge in [-0.1, -0.05) is 25.5 Å². The Bertz CT molecular complexity index is 1220. The Morgan fingerprint density at radius 1 is 0.862 bits per heavy atom. The zero-order valence-electron chi connectivity index (χ0n) is 14.8. The topological polar surface area (TPSA) is 52.8 Å². The summed E-state index contributed by atoms with van der Waals surface area (Å²) in [5, 5.41) is 0. The minimum Gasteiger partial charge on any atom is -0.437 e. The standard InChI is InChI=1S/C18H13F5N4OS/c1-27-11-26-15-7-2-12(10-16(15)27)17-18(25-9-8-24-17)28-13-3-5-14(6-4-13)29(19,20,21,22)23/h2-11H,1H3. The predicted molar refractivity (Wildman–Crippen MR) is 99.7 cm³/mol. The van der Waals surface area contributed by atoms with E-state index in [1.807, 2.05) is 17.7 Å². The summed E-state index contributed by atoms with van der Waals surface area (Å²) in [7, 11) is -7.91. The van der Waals surface area contributed by atoms with Gasteiger partial charge in [0.1, 0.15) is 16.3 Å². The van der Waals surface area contributed by atoms with Crippen LogP contribution in [0.1, 0.15) is 0 Å². The van der Waals surface area contributed by atoms with Crippen LogP contribution in [0.5, 0.6) is 11.6 Å². The summed E-state index contributed by atoms with van der Waals surface area (Å²) in [4.78, 5) is 10.5. The van der Waals surface area contributed by atoms with E-state index in [-0.39, 0.29) is 23.8 Å². The average Bonchev–Trinajstić information content (AvgIpc) is 3.01. The molecule has 5 nitrogen and oxygen atoms in total. The van der Waals surface area contributed by atoms with Crippen LogP contribution in [-0.4, -0.2) is 19.5 Å². The second kappa shape index (κ2) is 5.66. The highest BCUT2D eigenvalue weighted by molar-refractivity contribution is 8.45. The molecule has 2 aromatic heterocycles. The normalized spacial score (nSPS) is 14.4. The highest BCUT2D eigenvalue weighted by atomic mass is 32.5. The molecule has 0 atom stereocenters. The highest BCUT2D eigenvalue weighted by Crippen LogP contribution is 3.02. The summed E-state index contributed by atoms with van der Waals surface area (Å²) in [5.41, 5.74) is 2.59. The second-order valence-corrected chi connectivity index (χ2v) is 8.72. The Kier molecular flexibility index (Phi) is 3.73. The van der Waals surface area contributed by atoms with Crippen LogP contribution in [0.3, 0.4) is 0 Å². The molecule has 4 aromatic rings. The van der Waals surface area contributed by atoms with E-state index in [1.165, 1.54) is 12.4 Å². The first-order valence-electron chi connectivity index (χ1n) is 8.15. The lowest BCUT2D eigenvalue weighted by molar-refractivity contribution is 0.363. The van der Waals surface area contributed by atoms with E-state index in [1.54, 1.807) is 18.5 Å². The van der Waals surface area contributed by atoms with Gasteiger partial charge in [-0.25, -0.2) is 15.0 Å². The van der Waals surface area contributed by atoms with Gasteiger partial charge in [0.15, 0.2) is 0 Å². The number of halogens is 5. The molecule has 0 spiro atoms. The molecule has 0 radical (unpaired) electrons. The molecule has 0 aliphatic rings. The monoisotopic (exact) mass is 428 g/mol. The van der Waals surface area contributed by atoms with Gasteiger partial charge in [0.25, 0.3) is 0 Å². The SMILES string of the molecule is Cn1cnc2ccc(-c3nccnc3Oc3ccc(S(F)(F)(F)(F)F)cc3)cc21. The van der Waals surface area contributed by atoms with Crippen molar-refractivity contribution in [2.75, 3.05) is 0 Å². The van der Waals surface area contributed by atoms with Crippen molar-refractivity contribution < 1.29 is 24.2 Å². The van der Waals surface area contributed by atoms with Crippen LogP contribution in [0, 0.1) is 0 Å². The number of fused-ring (bicyclic) bond motifs is 1. The molecule has 0 saturated heterocycles. The summed E-state index contributed by atoms with van der Waals surface area (Å²) >= 11 is 0. The molecule has 0 unspecified atom stereocenters. The quantitative estimate of drug-likeness (QED) is 0.349. The number of rotatable bonds is 4. The zero-order valence-corrected chi connectivity index (χ0v) is 15.6. The molecule has 4 rings (SSSR count). The highest BCUT2D eigenvalue weighted by Gasteiger charge is 2.65. The number of aromatic nitrogens is 4. The van der Waals surface area contributed by atoms with E-state index in [9.17, 15) is 19.4 Å².